The topological polar surface area (TPSA) is 84.9 Å². The summed E-state index contributed by atoms with van der Waals surface area (Å²) in [6, 6.07) is 18.1. The molecule has 0 saturated carbocycles. The summed E-state index contributed by atoms with van der Waals surface area (Å²) in [5.74, 6) is 0.180. The third-order valence-electron chi connectivity index (χ3n) is 4.77. The van der Waals surface area contributed by atoms with Gasteiger partial charge in [-0.05, 0) is 48.5 Å². The van der Waals surface area contributed by atoms with Gasteiger partial charge in [0, 0.05) is 16.3 Å². The van der Waals surface area contributed by atoms with Gasteiger partial charge in [0.2, 0.25) is 0 Å². The summed E-state index contributed by atoms with van der Waals surface area (Å²) in [6.07, 6.45) is 0. The predicted molar refractivity (Wildman–Crippen MR) is 119 cm³/mol. The van der Waals surface area contributed by atoms with E-state index >= 15 is 0 Å². The number of ether oxygens (including phenoxy) is 2. The summed E-state index contributed by atoms with van der Waals surface area (Å²) >= 11 is 6.05. The Kier molecular flexibility index (Phi) is 5.75. The van der Waals surface area contributed by atoms with Crippen LogP contribution in [0.2, 0.25) is 5.02 Å². The minimum Gasteiger partial charge on any atom is -0.495 e. The maximum atomic E-state index is 13.5. The molecule has 31 heavy (non-hydrogen) atoms. The minimum atomic E-state index is -4.03. The number of carbonyl (C=O) groups is 1. The van der Waals surface area contributed by atoms with Crippen LogP contribution in [0.5, 0.6) is 11.5 Å². The highest BCUT2D eigenvalue weighted by atomic mass is 35.5. The molecule has 1 aliphatic heterocycles. The number of amides is 1. The van der Waals surface area contributed by atoms with Crippen molar-refractivity contribution >= 4 is 38.9 Å². The van der Waals surface area contributed by atoms with E-state index in [2.05, 4.69) is 5.32 Å². The molecule has 0 fully saturated rings. The van der Waals surface area contributed by atoms with Crippen LogP contribution in [-0.4, -0.2) is 34.6 Å². The van der Waals surface area contributed by atoms with Crippen LogP contribution in [0, 0.1) is 0 Å². The van der Waals surface area contributed by atoms with E-state index in [4.69, 9.17) is 21.1 Å². The van der Waals surface area contributed by atoms with Crippen molar-refractivity contribution in [1.29, 1.82) is 0 Å². The van der Waals surface area contributed by atoms with E-state index in [1.165, 1.54) is 29.6 Å². The van der Waals surface area contributed by atoms with Crippen molar-refractivity contribution in [3.8, 4) is 11.5 Å². The normalized spacial score (nSPS) is 13.2. The summed E-state index contributed by atoms with van der Waals surface area (Å²) in [5.41, 5.74) is 1.20. The number of benzene rings is 3. The van der Waals surface area contributed by atoms with Gasteiger partial charge >= 0.3 is 0 Å². The lowest BCUT2D eigenvalue weighted by molar-refractivity contribution is 0.102. The number of nitrogens with one attached hydrogen (secondary N) is 1. The first kappa shape index (κ1) is 21.0. The van der Waals surface area contributed by atoms with Crippen LogP contribution in [-0.2, 0) is 10.0 Å². The maximum Gasteiger partial charge on any atom is 0.268 e. The Labute approximate surface area is 185 Å². The number of hydrogen-bond donors (Lipinski definition) is 1. The quantitative estimate of drug-likeness (QED) is 0.619. The highest BCUT2D eigenvalue weighted by molar-refractivity contribution is 7.93. The fraction of sp³-hybridized carbons (Fsp3) is 0.136. The highest BCUT2D eigenvalue weighted by Gasteiger charge is 2.33. The lowest BCUT2D eigenvalue weighted by Gasteiger charge is -2.31. The molecule has 1 N–H and O–H groups in total. The van der Waals surface area contributed by atoms with Gasteiger partial charge in [-0.3, -0.25) is 9.10 Å². The number of methoxy groups -OCH3 is 1. The van der Waals surface area contributed by atoms with Gasteiger partial charge in [0.15, 0.2) is 0 Å². The first-order valence-electron chi connectivity index (χ1n) is 9.39. The number of nitrogens with zero attached hydrogens (tertiary/aromatic N) is 1. The summed E-state index contributed by atoms with van der Waals surface area (Å²) in [5, 5.41) is 3.06. The van der Waals surface area contributed by atoms with Crippen molar-refractivity contribution in [2.75, 3.05) is 29.9 Å². The molecule has 0 radical (unpaired) electrons. The first-order chi connectivity index (χ1) is 14.9. The largest absolute Gasteiger partial charge is 0.495 e. The fourth-order valence-electron chi connectivity index (χ4n) is 3.28. The molecule has 3 aromatic rings. The maximum absolute atomic E-state index is 13.5. The van der Waals surface area contributed by atoms with Gasteiger partial charge in [0.25, 0.3) is 15.9 Å². The van der Waals surface area contributed by atoms with Gasteiger partial charge in [0.1, 0.15) is 23.0 Å². The Morgan fingerprint density at radius 1 is 1.10 bits per heavy atom. The molecule has 0 atom stereocenters. The van der Waals surface area contributed by atoms with Crippen LogP contribution in [0.1, 0.15) is 10.4 Å². The summed E-state index contributed by atoms with van der Waals surface area (Å²) < 4.78 is 39.0. The van der Waals surface area contributed by atoms with Gasteiger partial charge in [-0.2, -0.15) is 0 Å². The summed E-state index contributed by atoms with van der Waals surface area (Å²) in [7, 11) is -2.64. The summed E-state index contributed by atoms with van der Waals surface area (Å²) in [4.78, 5) is 12.7. The Balaban J connectivity index is 1.73. The van der Waals surface area contributed by atoms with E-state index in [-0.39, 0.29) is 40.4 Å². The second-order valence-electron chi connectivity index (χ2n) is 6.72. The molecule has 9 heteroatoms. The molecule has 7 nitrogen and oxygen atoms in total. The van der Waals surface area contributed by atoms with Gasteiger partial charge in [-0.1, -0.05) is 29.8 Å². The highest BCUT2D eigenvalue weighted by Crippen LogP contribution is 2.38. The lowest BCUT2D eigenvalue weighted by Crippen LogP contribution is -2.38. The number of rotatable bonds is 5. The molecule has 1 aliphatic rings. The number of sulfonamides is 1. The van der Waals surface area contributed by atoms with E-state index in [1.54, 1.807) is 30.3 Å². The standard InChI is InChI=1S/C22H19ClN2O5S/c1-29-20-10-8-16(23)14-21(20)31(27,28)25-11-12-30-19-9-7-15(13-18(19)25)22(26)24-17-5-3-2-4-6-17/h2-10,13-14H,11-12H2,1H3,(H,24,26). The van der Waals surface area contributed by atoms with E-state index in [1.807, 2.05) is 18.2 Å². The molecule has 160 valence electrons. The average Bonchev–Trinajstić information content (AvgIpc) is 2.79. The zero-order valence-electron chi connectivity index (χ0n) is 16.5. The van der Waals surface area contributed by atoms with Gasteiger partial charge in [0.05, 0.1) is 19.3 Å². The van der Waals surface area contributed by atoms with Crippen molar-refractivity contribution in [3.63, 3.8) is 0 Å². The van der Waals surface area contributed by atoms with Crippen molar-refractivity contribution < 1.29 is 22.7 Å². The monoisotopic (exact) mass is 458 g/mol. The molecule has 0 aromatic heterocycles. The van der Waals surface area contributed by atoms with Gasteiger partial charge in [-0.25, -0.2) is 8.42 Å². The van der Waals surface area contributed by atoms with Crippen LogP contribution in [0.4, 0.5) is 11.4 Å². The Morgan fingerprint density at radius 3 is 2.61 bits per heavy atom. The zero-order valence-corrected chi connectivity index (χ0v) is 18.1. The Bertz CT molecular complexity index is 1230. The van der Waals surface area contributed by atoms with Crippen LogP contribution in [0.3, 0.4) is 0 Å². The Morgan fingerprint density at radius 2 is 1.87 bits per heavy atom. The molecule has 0 aliphatic carbocycles. The number of halogens is 1. The van der Waals surface area contributed by atoms with E-state index in [0.29, 0.717) is 17.0 Å². The third kappa shape index (κ3) is 4.17. The van der Waals surface area contributed by atoms with Gasteiger partial charge < -0.3 is 14.8 Å². The molecule has 3 aromatic carbocycles. The second-order valence-corrected chi connectivity index (χ2v) is 8.99. The number of fused-ring (bicyclic) bond motifs is 1. The average molecular weight is 459 g/mol. The molecule has 1 heterocycles. The number of hydrogen-bond acceptors (Lipinski definition) is 5. The first-order valence-corrected chi connectivity index (χ1v) is 11.2. The fourth-order valence-corrected chi connectivity index (χ4v) is 5.15. The van der Waals surface area contributed by atoms with Crippen LogP contribution in [0.25, 0.3) is 0 Å². The van der Waals surface area contributed by atoms with Gasteiger partial charge in [-0.15, -0.1) is 0 Å². The summed E-state index contributed by atoms with van der Waals surface area (Å²) in [6.45, 7) is 0.249. The smallest absolute Gasteiger partial charge is 0.268 e. The molecule has 4 rings (SSSR count). The lowest BCUT2D eigenvalue weighted by atomic mass is 10.1. The van der Waals surface area contributed by atoms with Crippen LogP contribution < -0.4 is 19.1 Å². The molecular weight excluding hydrogens is 440 g/mol. The molecule has 0 saturated heterocycles. The zero-order chi connectivity index (χ0) is 22.0. The SMILES string of the molecule is COc1ccc(Cl)cc1S(=O)(=O)N1CCOc2ccc(C(=O)Nc3ccccc3)cc21. The minimum absolute atomic E-state index is 0.0607. The molecule has 1 amide bonds. The van der Waals surface area contributed by atoms with Crippen LogP contribution in [0.15, 0.2) is 71.6 Å². The Hall–Kier alpha value is -3.23. The van der Waals surface area contributed by atoms with Crippen LogP contribution >= 0.6 is 11.6 Å². The number of para-hydroxylation sites is 1. The number of carbonyl (C=O) groups excluding carboxylic acids is 1. The molecule has 0 bridgehead atoms. The van der Waals surface area contributed by atoms with E-state index < -0.39 is 10.0 Å². The molecular formula is C22H19ClN2O5S. The third-order valence-corrected chi connectivity index (χ3v) is 6.84. The predicted octanol–water partition coefficient (Wildman–Crippen LogP) is 4.19. The molecule has 0 spiro atoms. The van der Waals surface area contributed by atoms with Crippen molar-refractivity contribution in [2.24, 2.45) is 0 Å². The van der Waals surface area contributed by atoms with Crippen molar-refractivity contribution in [3.05, 3.63) is 77.3 Å². The molecule has 0 unspecified atom stereocenters. The van der Waals surface area contributed by atoms with E-state index in [9.17, 15) is 13.2 Å². The second kappa shape index (κ2) is 8.49. The number of anilines is 2. The van der Waals surface area contributed by atoms with E-state index in [0.717, 1.165) is 0 Å². The van der Waals surface area contributed by atoms with Crippen molar-refractivity contribution in [1.82, 2.24) is 0 Å². The van der Waals surface area contributed by atoms with Crippen molar-refractivity contribution in [2.45, 2.75) is 4.90 Å².